The number of nitrogens with two attached hydrogens (primary N) is 1. The Balaban J connectivity index is 2.41. The van der Waals surface area contributed by atoms with E-state index < -0.39 is 0 Å². The average Bonchev–Trinajstić information content (AvgIpc) is 2.17. The van der Waals surface area contributed by atoms with Gasteiger partial charge in [-0.3, -0.25) is 11.3 Å². The van der Waals surface area contributed by atoms with E-state index in [1.165, 1.54) is 24.0 Å². The lowest BCUT2D eigenvalue weighted by atomic mass is 9.88. The minimum atomic E-state index is 0.334. The summed E-state index contributed by atoms with van der Waals surface area (Å²) in [5.74, 6) is 5.50. The zero-order valence-corrected chi connectivity index (χ0v) is 8.97. The second kappa shape index (κ2) is 3.78. The van der Waals surface area contributed by atoms with Gasteiger partial charge in [-0.2, -0.15) is 0 Å². The number of benzene rings is 1. The van der Waals surface area contributed by atoms with Gasteiger partial charge in [-0.15, -0.1) is 0 Å². The summed E-state index contributed by atoms with van der Waals surface area (Å²) in [6, 6.07) is 6.78. The number of nitrogens with one attached hydrogen (secondary N) is 1. The molecule has 1 aromatic rings. The third-order valence-corrected chi connectivity index (χ3v) is 3.12. The van der Waals surface area contributed by atoms with E-state index in [4.69, 9.17) is 5.84 Å². The maximum atomic E-state index is 5.50. The largest absolute Gasteiger partial charge is 0.271 e. The van der Waals surface area contributed by atoms with Crippen molar-refractivity contribution >= 4 is 15.9 Å². The molecule has 70 valence electrons. The summed E-state index contributed by atoms with van der Waals surface area (Å²) in [4.78, 5) is 0. The van der Waals surface area contributed by atoms with Gasteiger partial charge in [0.25, 0.3) is 0 Å². The summed E-state index contributed by atoms with van der Waals surface area (Å²) < 4.78 is 1.13. The third kappa shape index (κ3) is 1.77. The molecule has 0 unspecified atom stereocenters. The zero-order chi connectivity index (χ0) is 9.26. The molecule has 3 heteroatoms. The molecule has 0 radical (unpaired) electrons. The van der Waals surface area contributed by atoms with Crippen molar-refractivity contribution in [1.82, 2.24) is 5.43 Å². The Hall–Kier alpha value is -0.380. The van der Waals surface area contributed by atoms with Gasteiger partial charge in [-0.1, -0.05) is 22.0 Å². The number of halogens is 1. The van der Waals surface area contributed by atoms with Crippen LogP contribution in [0.1, 0.15) is 30.0 Å². The van der Waals surface area contributed by atoms with Crippen LogP contribution in [0.2, 0.25) is 0 Å². The Bertz CT molecular complexity index is 312. The van der Waals surface area contributed by atoms with Crippen molar-refractivity contribution in [2.24, 2.45) is 5.84 Å². The highest BCUT2D eigenvalue weighted by Gasteiger charge is 2.18. The molecule has 0 bridgehead atoms. The van der Waals surface area contributed by atoms with Crippen LogP contribution >= 0.6 is 15.9 Å². The molecule has 0 aromatic heterocycles. The fourth-order valence-electron chi connectivity index (χ4n) is 1.94. The monoisotopic (exact) mass is 240 g/mol. The minimum absolute atomic E-state index is 0.334. The number of aryl methyl sites for hydroxylation is 1. The number of fused-ring (bicyclic) bond motifs is 1. The average molecular weight is 241 g/mol. The van der Waals surface area contributed by atoms with Crippen molar-refractivity contribution in [3.63, 3.8) is 0 Å². The van der Waals surface area contributed by atoms with Gasteiger partial charge in [0.05, 0.1) is 0 Å². The molecule has 2 rings (SSSR count). The Labute approximate surface area is 86.6 Å². The second-order valence-electron chi connectivity index (χ2n) is 3.45. The normalized spacial score (nSPS) is 21.2. The van der Waals surface area contributed by atoms with Crippen LogP contribution in [0.15, 0.2) is 22.7 Å². The molecule has 13 heavy (non-hydrogen) atoms. The first-order valence-corrected chi connectivity index (χ1v) is 5.35. The van der Waals surface area contributed by atoms with Gasteiger partial charge in [0.15, 0.2) is 0 Å². The van der Waals surface area contributed by atoms with Crippen LogP contribution < -0.4 is 11.3 Å². The van der Waals surface area contributed by atoms with Crippen LogP contribution in [0.25, 0.3) is 0 Å². The van der Waals surface area contributed by atoms with Gasteiger partial charge in [0, 0.05) is 10.5 Å². The van der Waals surface area contributed by atoms with Crippen molar-refractivity contribution in [2.75, 3.05) is 0 Å². The van der Waals surface area contributed by atoms with E-state index >= 15 is 0 Å². The van der Waals surface area contributed by atoms with Gasteiger partial charge in [-0.25, -0.2) is 0 Å². The molecule has 0 aliphatic heterocycles. The number of hydrogen-bond donors (Lipinski definition) is 2. The third-order valence-electron chi connectivity index (χ3n) is 2.62. The Kier molecular flexibility index (Phi) is 2.67. The Morgan fingerprint density at radius 3 is 3.08 bits per heavy atom. The molecule has 0 fully saturated rings. The molecule has 0 heterocycles. The maximum Gasteiger partial charge on any atom is 0.0463 e. The molecule has 1 aliphatic carbocycles. The molecule has 1 aliphatic rings. The maximum absolute atomic E-state index is 5.50. The van der Waals surface area contributed by atoms with Crippen molar-refractivity contribution < 1.29 is 0 Å². The standard InChI is InChI=1S/C10H13BrN2/c11-8-5-4-7-2-1-3-10(13-12)9(7)6-8/h4-6,10,13H,1-3,12H2/t10-/m1/s1. The zero-order valence-electron chi connectivity index (χ0n) is 7.39. The lowest BCUT2D eigenvalue weighted by molar-refractivity contribution is 0.471. The second-order valence-corrected chi connectivity index (χ2v) is 4.37. The molecule has 3 N–H and O–H groups in total. The topological polar surface area (TPSA) is 38.0 Å². The van der Waals surface area contributed by atoms with Crippen LogP contribution in [0.5, 0.6) is 0 Å². The number of hydrazine groups is 1. The van der Waals surface area contributed by atoms with Crippen LogP contribution in [-0.4, -0.2) is 0 Å². The van der Waals surface area contributed by atoms with Crippen LogP contribution in [0, 0.1) is 0 Å². The molecule has 2 nitrogen and oxygen atoms in total. The first-order chi connectivity index (χ1) is 6.31. The molecule has 0 saturated carbocycles. The highest BCUT2D eigenvalue weighted by Crippen LogP contribution is 2.30. The quantitative estimate of drug-likeness (QED) is 0.584. The van der Waals surface area contributed by atoms with E-state index in [0.717, 1.165) is 10.9 Å². The first-order valence-electron chi connectivity index (χ1n) is 4.55. The van der Waals surface area contributed by atoms with Gasteiger partial charge in [0.2, 0.25) is 0 Å². The van der Waals surface area contributed by atoms with Gasteiger partial charge >= 0.3 is 0 Å². The van der Waals surface area contributed by atoms with E-state index in [2.05, 4.69) is 39.6 Å². The fourth-order valence-corrected chi connectivity index (χ4v) is 2.32. The highest BCUT2D eigenvalue weighted by molar-refractivity contribution is 9.10. The fraction of sp³-hybridized carbons (Fsp3) is 0.400. The summed E-state index contributed by atoms with van der Waals surface area (Å²) in [5.41, 5.74) is 5.64. The van der Waals surface area contributed by atoms with Crippen LogP contribution in [0.3, 0.4) is 0 Å². The Morgan fingerprint density at radius 1 is 1.46 bits per heavy atom. The SMILES string of the molecule is NN[C@@H]1CCCc2ccc(Br)cc21. The molecule has 1 atom stereocenters. The molecule has 1 aromatic carbocycles. The number of rotatable bonds is 1. The van der Waals surface area contributed by atoms with E-state index in [-0.39, 0.29) is 0 Å². The summed E-state index contributed by atoms with van der Waals surface area (Å²) in [6.07, 6.45) is 3.55. The van der Waals surface area contributed by atoms with E-state index in [9.17, 15) is 0 Å². The molecular formula is C10H13BrN2. The minimum Gasteiger partial charge on any atom is -0.271 e. The van der Waals surface area contributed by atoms with Crippen molar-refractivity contribution in [1.29, 1.82) is 0 Å². The van der Waals surface area contributed by atoms with Crippen molar-refractivity contribution in [3.8, 4) is 0 Å². The van der Waals surface area contributed by atoms with Gasteiger partial charge in [-0.05, 0) is 42.5 Å². The molecular weight excluding hydrogens is 228 g/mol. The first kappa shape index (κ1) is 9.19. The van der Waals surface area contributed by atoms with E-state index in [1.807, 2.05) is 0 Å². The molecule has 0 amide bonds. The number of hydrogen-bond acceptors (Lipinski definition) is 2. The summed E-state index contributed by atoms with van der Waals surface area (Å²) in [6.45, 7) is 0. The van der Waals surface area contributed by atoms with Crippen molar-refractivity contribution in [2.45, 2.75) is 25.3 Å². The summed E-state index contributed by atoms with van der Waals surface area (Å²) >= 11 is 3.48. The predicted molar refractivity (Wildman–Crippen MR) is 57.1 cm³/mol. The lowest BCUT2D eigenvalue weighted by Crippen LogP contribution is -2.30. The van der Waals surface area contributed by atoms with Crippen molar-refractivity contribution in [3.05, 3.63) is 33.8 Å². The summed E-state index contributed by atoms with van der Waals surface area (Å²) in [5, 5.41) is 0. The lowest BCUT2D eigenvalue weighted by Gasteiger charge is -2.24. The highest BCUT2D eigenvalue weighted by atomic mass is 79.9. The van der Waals surface area contributed by atoms with Crippen LogP contribution in [0.4, 0.5) is 0 Å². The molecule has 0 saturated heterocycles. The smallest absolute Gasteiger partial charge is 0.0463 e. The Morgan fingerprint density at radius 2 is 2.31 bits per heavy atom. The van der Waals surface area contributed by atoms with Gasteiger partial charge in [0.1, 0.15) is 0 Å². The van der Waals surface area contributed by atoms with Gasteiger partial charge < -0.3 is 0 Å². The van der Waals surface area contributed by atoms with E-state index in [0.29, 0.717) is 6.04 Å². The predicted octanol–water partition coefficient (Wildman–Crippen LogP) is 2.29. The molecule has 0 spiro atoms. The van der Waals surface area contributed by atoms with E-state index in [1.54, 1.807) is 0 Å². The van der Waals surface area contributed by atoms with Crippen LogP contribution in [-0.2, 0) is 6.42 Å². The summed E-state index contributed by atoms with van der Waals surface area (Å²) in [7, 11) is 0.